The van der Waals surface area contributed by atoms with Crippen molar-refractivity contribution >= 4 is 17.5 Å². The predicted octanol–water partition coefficient (Wildman–Crippen LogP) is 3.43. The molecule has 0 aromatic heterocycles. The Morgan fingerprint density at radius 2 is 1.67 bits per heavy atom. The molecule has 2 atom stereocenters. The summed E-state index contributed by atoms with van der Waals surface area (Å²) in [7, 11) is 0. The maximum absolute atomic E-state index is 12.4. The molecule has 2 rings (SSSR count). The van der Waals surface area contributed by atoms with E-state index in [1.165, 1.54) is 12.1 Å². The minimum atomic E-state index is -0.522. The third-order valence-electron chi connectivity index (χ3n) is 3.95. The van der Waals surface area contributed by atoms with Gasteiger partial charge in [-0.25, -0.2) is 4.79 Å². The van der Waals surface area contributed by atoms with E-state index >= 15 is 0 Å². The molecule has 0 aliphatic carbocycles. The Morgan fingerprint density at radius 3 is 2.08 bits per heavy atom. The van der Waals surface area contributed by atoms with Gasteiger partial charge in [0, 0.05) is 30.9 Å². The van der Waals surface area contributed by atoms with Gasteiger partial charge in [-0.3, -0.25) is 15.0 Å². The Labute approximate surface area is 142 Å². The molecule has 24 heavy (non-hydrogen) atoms. The molecular formula is C17H25N3O4. The van der Waals surface area contributed by atoms with E-state index in [0.29, 0.717) is 13.1 Å². The summed E-state index contributed by atoms with van der Waals surface area (Å²) in [4.78, 5) is 26.7. The smallest absolute Gasteiger partial charge is 0.410 e. The van der Waals surface area contributed by atoms with Crippen molar-refractivity contribution in [2.75, 3.05) is 18.0 Å². The quantitative estimate of drug-likeness (QED) is 0.611. The second-order valence-corrected chi connectivity index (χ2v) is 7.26. The molecule has 1 aliphatic rings. The number of piperazine rings is 1. The van der Waals surface area contributed by atoms with Crippen molar-refractivity contribution in [2.24, 2.45) is 0 Å². The first-order valence-electron chi connectivity index (χ1n) is 8.09. The molecule has 132 valence electrons. The van der Waals surface area contributed by atoms with E-state index in [2.05, 4.69) is 4.90 Å². The van der Waals surface area contributed by atoms with Crippen molar-refractivity contribution in [3.8, 4) is 0 Å². The zero-order chi connectivity index (χ0) is 18.1. The number of hydrogen-bond donors (Lipinski definition) is 0. The minimum absolute atomic E-state index is 0.0150. The summed E-state index contributed by atoms with van der Waals surface area (Å²) < 4.78 is 5.49. The normalized spacial score (nSPS) is 21.5. The second kappa shape index (κ2) is 6.67. The number of ether oxygens (including phenoxy) is 1. The lowest BCUT2D eigenvalue weighted by molar-refractivity contribution is -0.384. The van der Waals surface area contributed by atoms with Crippen LogP contribution in [0.15, 0.2) is 24.3 Å². The van der Waals surface area contributed by atoms with E-state index in [9.17, 15) is 14.9 Å². The summed E-state index contributed by atoms with van der Waals surface area (Å²) in [5.74, 6) is 0. The third kappa shape index (κ3) is 4.15. The Balaban J connectivity index is 2.09. The summed E-state index contributed by atoms with van der Waals surface area (Å²) in [6.07, 6.45) is -0.300. The first-order chi connectivity index (χ1) is 11.1. The lowest BCUT2D eigenvalue weighted by Gasteiger charge is -2.45. The molecule has 1 fully saturated rings. The molecule has 7 heteroatoms. The Bertz CT molecular complexity index is 597. The molecule has 0 N–H and O–H groups in total. The van der Waals surface area contributed by atoms with E-state index in [1.807, 2.05) is 34.6 Å². The van der Waals surface area contributed by atoms with Crippen molar-refractivity contribution in [1.82, 2.24) is 4.90 Å². The fourth-order valence-corrected chi connectivity index (χ4v) is 2.99. The van der Waals surface area contributed by atoms with Gasteiger partial charge in [-0.05, 0) is 46.8 Å². The van der Waals surface area contributed by atoms with Gasteiger partial charge in [0.05, 0.1) is 17.0 Å². The van der Waals surface area contributed by atoms with Crippen LogP contribution >= 0.6 is 0 Å². The molecule has 1 aromatic carbocycles. The second-order valence-electron chi connectivity index (χ2n) is 7.26. The summed E-state index contributed by atoms with van der Waals surface area (Å²) in [5, 5.41) is 10.8. The number of hydrogen-bond acceptors (Lipinski definition) is 5. The van der Waals surface area contributed by atoms with E-state index in [1.54, 1.807) is 17.0 Å². The average Bonchev–Trinajstić information content (AvgIpc) is 2.44. The van der Waals surface area contributed by atoms with Crippen molar-refractivity contribution in [3.05, 3.63) is 34.4 Å². The molecule has 1 amide bonds. The zero-order valence-corrected chi connectivity index (χ0v) is 14.9. The number of anilines is 1. The molecule has 0 spiro atoms. The average molecular weight is 335 g/mol. The van der Waals surface area contributed by atoms with Gasteiger partial charge in [-0.15, -0.1) is 0 Å². The molecule has 1 heterocycles. The number of carbonyl (C=O) groups is 1. The number of benzene rings is 1. The van der Waals surface area contributed by atoms with E-state index in [0.717, 1.165) is 5.69 Å². The number of amides is 1. The number of carbonyl (C=O) groups excluding carboxylic acids is 1. The van der Waals surface area contributed by atoms with Crippen LogP contribution in [0.3, 0.4) is 0 Å². The van der Waals surface area contributed by atoms with Crippen molar-refractivity contribution in [2.45, 2.75) is 52.3 Å². The van der Waals surface area contributed by atoms with Crippen LogP contribution in [0.1, 0.15) is 34.6 Å². The van der Waals surface area contributed by atoms with Gasteiger partial charge in [0.15, 0.2) is 0 Å². The monoisotopic (exact) mass is 335 g/mol. The summed E-state index contributed by atoms with van der Waals surface area (Å²) in [6, 6.07) is 6.48. The number of nitrogens with zero attached hydrogens (tertiary/aromatic N) is 3. The largest absolute Gasteiger partial charge is 0.444 e. The molecule has 1 aromatic rings. The first-order valence-corrected chi connectivity index (χ1v) is 8.09. The fraction of sp³-hybridized carbons (Fsp3) is 0.588. The molecule has 2 unspecified atom stereocenters. The number of rotatable bonds is 2. The molecule has 1 saturated heterocycles. The predicted molar refractivity (Wildman–Crippen MR) is 92.3 cm³/mol. The van der Waals surface area contributed by atoms with Crippen LogP contribution in [0.5, 0.6) is 0 Å². The number of non-ortho nitro benzene ring substituents is 1. The lowest BCUT2D eigenvalue weighted by atomic mass is 10.1. The van der Waals surface area contributed by atoms with Crippen LogP contribution in [0, 0.1) is 10.1 Å². The summed E-state index contributed by atoms with van der Waals surface area (Å²) >= 11 is 0. The highest BCUT2D eigenvalue weighted by molar-refractivity contribution is 5.69. The van der Waals surface area contributed by atoms with Crippen LogP contribution < -0.4 is 4.90 Å². The standard InChI is InChI=1S/C17H25N3O4/c1-12-10-18(14-6-8-15(9-7-14)20(22)23)11-13(2)19(12)16(21)24-17(3,4)5/h6-9,12-13H,10-11H2,1-5H3. The maximum Gasteiger partial charge on any atom is 0.410 e. The fourth-order valence-electron chi connectivity index (χ4n) is 2.99. The minimum Gasteiger partial charge on any atom is -0.444 e. The molecule has 0 bridgehead atoms. The number of nitro groups is 1. The van der Waals surface area contributed by atoms with Gasteiger partial charge < -0.3 is 9.64 Å². The number of nitro benzene ring substituents is 1. The Morgan fingerprint density at radius 1 is 1.17 bits per heavy atom. The molecule has 1 aliphatic heterocycles. The van der Waals surface area contributed by atoms with E-state index in [-0.39, 0.29) is 23.9 Å². The highest BCUT2D eigenvalue weighted by Crippen LogP contribution is 2.26. The molecule has 0 saturated carbocycles. The van der Waals surface area contributed by atoms with Crippen LogP contribution in [0.25, 0.3) is 0 Å². The SMILES string of the molecule is CC1CN(c2ccc([N+](=O)[O-])cc2)CC(C)N1C(=O)OC(C)(C)C. The van der Waals surface area contributed by atoms with Crippen molar-refractivity contribution < 1.29 is 14.5 Å². The van der Waals surface area contributed by atoms with Crippen LogP contribution in [0.2, 0.25) is 0 Å². The highest BCUT2D eigenvalue weighted by atomic mass is 16.6. The Kier molecular flexibility index (Phi) is 5.01. The highest BCUT2D eigenvalue weighted by Gasteiger charge is 2.35. The maximum atomic E-state index is 12.4. The molecule has 0 radical (unpaired) electrons. The first kappa shape index (κ1) is 18.0. The van der Waals surface area contributed by atoms with Gasteiger partial charge in [-0.1, -0.05) is 0 Å². The van der Waals surface area contributed by atoms with Gasteiger partial charge in [0.2, 0.25) is 0 Å². The molecule has 7 nitrogen and oxygen atoms in total. The lowest BCUT2D eigenvalue weighted by Crippen LogP contribution is -2.59. The zero-order valence-electron chi connectivity index (χ0n) is 14.9. The van der Waals surface area contributed by atoms with Crippen molar-refractivity contribution in [1.29, 1.82) is 0 Å². The van der Waals surface area contributed by atoms with Crippen LogP contribution in [-0.2, 0) is 4.74 Å². The molecular weight excluding hydrogens is 310 g/mol. The van der Waals surface area contributed by atoms with E-state index in [4.69, 9.17) is 4.74 Å². The van der Waals surface area contributed by atoms with Crippen LogP contribution in [-0.4, -0.2) is 46.7 Å². The summed E-state index contributed by atoms with van der Waals surface area (Å²) in [5.41, 5.74) is 0.474. The van der Waals surface area contributed by atoms with Gasteiger partial charge in [0.25, 0.3) is 5.69 Å². The van der Waals surface area contributed by atoms with Gasteiger partial charge in [-0.2, -0.15) is 0 Å². The Hall–Kier alpha value is -2.31. The summed E-state index contributed by atoms with van der Waals surface area (Å²) in [6.45, 7) is 10.8. The van der Waals surface area contributed by atoms with Crippen molar-refractivity contribution in [3.63, 3.8) is 0 Å². The topological polar surface area (TPSA) is 75.9 Å². The van der Waals surface area contributed by atoms with Gasteiger partial charge >= 0.3 is 6.09 Å². The van der Waals surface area contributed by atoms with E-state index < -0.39 is 10.5 Å². The van der Waals surface area contributed by atoms with Gasteiger partial charge in [0.1, 0.15) is 5.60 Å². The third-order valence-corrected chi connectivity index (χ3v) is 3.95. The van der Waals surface area contributed by atoms with Crippen LogP contribution in [0.4, 0.5) is 16.2 Å².